The van der Waals surface area contributed by atoms with E-state index in [0.29, 0.717) is 11.1 Å². The second kappa shape index (κ2) is 6.15. The first-order valence-electron chi connectivity index (χ1n) is 8.46. The molecule has 2 aromatic carbocycles. The van der Waals surface area contributed by atoms with E-state index >= 15 is 0 Å². The van der Waals surface area contributed by atoms with E-state index in [0.717, 1.165) is 36.8 Å². The second-order valence-corrected chi connectivity index (χ2v) is 8.25. The van der Waals surface area contributed by atoms with Crippen molar-refractivity contribution in [1.82, 2.24) is 5.43 Å². The van der Waals surface area contributed by atoms with E-state index in [1.807, 2.05) is 12.1 Å². The molecule has 0 saturated heterocycles. The Morgan fingerprint density at radius 1 is 1.08 bits per heavy atom. The summed E-state index contributed by atoms with van der Waals surface area (Å²) < 4.78 is 26.8. The standard InChI is InChI=1S/C18H19N3O3S/c22-17(20-19-14-8-2-1-3-9-14)12-21-15-10-4-6-13-7-5-11-16(18(13)15)25(21,23)24/h4-7,10-11H,1-3,8-9,12H2,(H,20,22). The predicted octanol–water partition coefficient (Wildman–Crippen LogP) is 2.78. The van der Waals surface area contributed by atoms with Crippen LogP contribution in [0.5, 0.6) is 0 Å². The van der Waals surface area contributed by atoms with Gasteiger partial charge in [0.25, 0.3) is 15.9 Å². The molecular formula is C18H19N3O3S. The number of amides is 1. The molecule has 130 valence electrons. The molecule has 0 bridgehead atoms. The molecule has 2 aromatic rings. The van der Waals surface area contributed by atoms with Crippen LogP contribution in [0.2, 0.25) is 0 Å². The van der Waals surface area contributed by atoms with Gasteiger partial charge in [0.2, 0.25) is 0 Å². The highest BCUT2D eigenvalue weighted by Gasteiger charge is 2.36. The Kier molecular flexibility index (Phi) is 3.95. The maximum absolute atomic E-state index is 12.8. The fourth-order valence-corrected chi connectivity index (χ4v) is 5.17. The van der Waals surface area contributed by atoms with Crippen LogP contribution in [0, 0.1) is 0 Å². The van der Waals surface area contributed by atoms with Crippen LogP contribution in [0.25, 0.3) is 10.8 Å². The van der Waals surface area contributed by atoms with Crippen molar-refractivity contribution in [1.29, 1.82) is 0 Å². The average molecular weight is 357 g/mol. The van der Waals surface area contributed by atoms with Gasteiger partial charge in [0.1, 0.15) is 6.54 Å². The molecule has 0 aromatic heterocycles. The summed E-state index contributed by atoms with van der Waals surface area (Å²) in [4.78, 5) is 12.5. The number of carbonyl (C=O) groups is 1. The number of nitrogens with one attached hydrogen (secondary N) is 1. The first-order chi connectivity index (χ1) is 12.1. The van der Waals surface area contributed by atoms with Gasteiger partial charge < -0.3 is 0 Å². The lowest BCUT2D eigenvalue weighted by Crippen LogP contribution is -2.37. The second-order valence-electron chi connectivity index (χ2n) is 6.42. The molecule has 6 nitrogen and oxygen atoms in total. The molecule has 1 aliphatic carbocycles. The van der Waals surface area contributed by atoms with Crippen molar-refractivity contribution in [3.8, 4) is 0 Å². The van der Waals surface area contributed by atoms with E-state index in [1.165, 1.54) is 10.7 Å². The molecule has 1 heterocycles. The lowest BCUT2D eigenvalue weighted by molar-refractivity contribution is -0.119. The predicted molar refractivity (Wildman–Crippen MR) is 97.1 cm³/mol. The van der Waals surface area contributed by atoms with Gasteiger partial charge in [0, 0.05) is 11.1 Å². The van der Waals surface area contributed by atoms with Crippen LogP contribution in [0.15, 0.2) is 46.4 Å². The molecule has 0 spiro atoms. The van der Waals surface area contributed by atoms with Gasteiger partial charge in [-0.2, -0.15) is 5.10 Å². The Hall–Kier alpha value is -2.41. The third kappa shape index (κ3) is 2.78. The molecule has 0 atom stereocenters. The number of rotatable bonds is 3. The van der Waals surface area contributed by atoms with Crippen molar-refractivity contribution >= 4 is 38.1 Å². The van der Waals surface area contributed by atoms with Crippen LogP contribution in [-0.2, 0) is 14.8 Å². The van der Waals surface area contributed by atoms with E-state index in [1.54, 1.807) is 24.3 Å². The normalized spacial score (nSPS) is 18.4. The largest absolute Gasteiger partial charge is 0.271 e. The van der Waals surface area contributed by atoms with Crippen molar-refractivity contribution in [2.24, 2.45) is 5.10 Å². The Bertz CT molecular complexity index is 969. The lowest BCUT2D eigenvalue weighted by atomic mass is 9.99. The van der Waals surface area contributed by atoms with Gasteiger partial charge in [-0.3, -0.25) is 9.10 Å². The van der Waals surface area contributed by atoms with Gasteiger partial charge in [-0.05, 0) is 43.2 Å². The summed E-state index contributed by atoms with van der Waals surface area (Å²) in [5.74, 6) is -0.425. The Balaban J connectivity index is 1.59. The summed E-state index contributed by atoms with van der Waals surface area (Å²) in [6.07, 6.45) is 5.17. The highest BCUT2D eigenvalue weighted by atomic mass is 32.2. The average Bonchev–Trinajstić information content (AvgIpc) is 2.84. The van der Waals surface area contributed by atoms with E-state index in [2.05, 4.69) is 10.5 Å². The number of hydrogen-bond acceptors (Lipinski definition) is 4. The van der Waals surface area contributed by atoms with Gasteiger partial charge in [-0.15, -0.1) is 0 Å². The minimum absolute atomic E-state index is 0.256. The summed E-state index contributed by atoms with van der Waals surface area (Å²) in [5, 5.41) is 5.69. The third-order valence-corrected chi connectivity index (χ3v) is 6.54. The lowest BCUT2D eigenvalue weighted by Gasteiger charge is -2.18. The number of nitrogens with zero attached hydrogens (tertiary/aromatic N) is 2. The highest BCUT2D eigenvalue weighted by molar-refractivity contribution is 7.93. The van der Waals surface area contributed by atoms with E-state index in [9.17, 15) is 13.2 Å². The number of anilines is 1. The molecule has 1 aliphatic heterocycles. The summed E-state index contributed by atoms with van der Waals surface area (Å²) in [5.41, 5.74) is 4.05. The molecule has 1 amide bonds. The monoisotopic (exact) mass is 357 g/mol. The fraction of sp³-hybridized carbons (Fsp3) is 0.333. The SMILES string of the molecule is O=C(CN1c2cccc3cccc(c23)S1(=O)=O)NN=C1CCCCC1. The van der Waals surface area contributed by atoms with Crippen LogP contribution < -0.4 is 9.73 Å². The first kappa shape index (κ1) is 16.1. The number of sulfonamides is 1. The molecule has 0 radical (unpaired) electrons. The van der Waals surface area contributed by atoms with E-state index in [-0.39, 0.29) is 11.4 Å². The van der Waals surface area contributed by atoms with Gasteiger partial charge in [0.05, 0.1) is 10.6 Å². The van der Waals surface area contributed by atoms with Gasteiger partial charge in [0.15, 0.2) is 0 Å². The maximum Gasteiger partial charge on any atom is 0.265 e. The van der Waals surface area contributed by atoms with Crippen molar-refractivity contribution in [3.63, 3.8) is 0 Å². The van der Waals surface area contributed by atoms with Crippen molar-refractivity contribution in [2.75, 3.05) is 10.8 Å². The third-order valence-electron chi connectivity index (χ3n) is 4.74. The minimum Gasteiger partial charge on any atom is -0.271 e. The zero-order valence-corrected chi connectivity index (χ0v) is 14.6. The van der Waals surface area contributed by atoms with Gasteiger partial charge in [-0.1, -0.05) is 30.7 Å². The van der Waals surface area contributed by atoms with Crippen LogP contribution in [0.1, 0.15) is 32.1 Å². The number of carbonyl (C=O) groups excluding carboxylic acids is 1. The Morgan fingerprint density at radius 3 is 2.56 bits per heavy atom. The zero-order chi connectivity index (χ0) is 17.4. The van der Waals surface area contributed by atoms with Gasteiger partial charge in [-0.25, -0.2) is 13.8 Å². The van der Waals surface area contributed by atoms with Crippen LogP contribution >= 0.6 is 0 Å². The highest BCUT2D eigenvalue weighted by Crippen LogP contribution is 2.41. The zero-order valence-electron chi connectivity index (χ0n) is 13.7. The van der Waals surface area contributed by atoms with Gasteiger partial charge >= 0.3 is 0 Å². The van der Waals surface area contributed by atoms with E-state index < -0.39 is 15.9 Å². The van der Waals surface area contributed by atoms with Crippen molar-refractivity contribution in [2.45, 2.75) is 37.0 Å². The quantitative estimate of drug-likeness (QED) is 0.858. The molecule has 1 N–H and O–H groups in total. The number of benzene rings is 2. The van der Waals surface area contributed by atoms with Crippen LogP contribution in [-0.4, -0.2) is 26.6 Å². The summed E-state index contributed by atoms with van der Waals surface area (Å²) in [6.45, 7) is -0.271. The maximum atomic E-state index is 12.8. The smallest absolute Gasteiger partial charge is 0.265 e. The Morgan fingerprint density at radius 2 is 1.80 bits per heavy atom. The molecule has 7 heteroatoms. The summed E-state index contributed by atoms with van der Waals surface area (Å²) in [6, 6.07) is 10.6. The molecule has 1 saturated carbocycles. The Labute approximate surface area is 146 Å². The topological polar surface area (TPSA) is 78.8 Å². The summed E-state index contributed by atoms with van der Waals surface area (Å²) in [7, 11) is -3.71. The van der Waals surface area contributed by atoms with Crippen LogP contribution in [0.3, 0.4) is 0 Å². The number of hydrazone groups is 1. The first-order valence-corrected chi connectivity index (χ1v) is 9.90. The molecule has 0 unspecified atom stereocenters. The van der Waals surface area contributed by atoms with Crippen molar-refractivity contribution in [3.05, 3.63) is 36.4 Å². The van der Waals surface area contributed by atoms with Crippen molar-refractivity contribution < 1.29 is 13.2 Å². The molecule has 2 aliphatic rings. The summed E-state index contributed by atoms with van der Waals surface area (Å²) >= 11 is 0. The minimum atomic E-state index is -3.71. The molecule has 1 fully saturated rings. The molecule has 4 rings (SSSR count). The van der Waals surface area contributed by atoms with E-state index in [4.69, 9.17) is 0 Å². The van der Waals surface area contributed by atoms with Crippen LogP contribution in [0.4, 0.5) is 5.69 Å². The number of hydrogen-bond donors (Lipinski definition) is 1. The molecule has 25 heavy (non-hydrogen) atoms. The molecular weight excluding hydrogens is 338 g/mol. The fourth-order valence-electron chi connectivity index (χ4n) is 3.51.